The van der Waals surface area contributed by atoms with Gasteiger partial charge in [0.25, 0.3) is 0 Å². The summed E-state index contributed by atoms with van der Waals surface area (Å²) >= 11 is 0. The van der Waals surface area contributed by atoms with Crippen LogP contribution < -0.4 is 0 Å². The largest absolute Gasteiger partial charge is 0.444 e. The van der Waals surface area contributed by atoms with Crippen LogP contribution in [-0.2, 0) is 16.0 Å². The zero-order valence-electron chi connectivity index (χ0n) is 23.0. The molecule has 0 spiro atoms. The number of carbonyl (C=O) groups excluding carboxylic acids is 2. The van der Waals surface area contributed by atoms with Crippen molar-refractivity contribution in [2.75, 3.05) is 26.7 Å². The average Bonchev–Trinajstić information content (AvgIpc) is 2.80. The summed E-state index contributed by atoms with van der Waals surface area (Å²) < 4.78 is 5.52. The van der Waals surface area contributed by atoms with Gasteiger partial charge < -0.3 is 14.5 Å². The predicted octanol–water partition coefficient (Wildman–Crippen LogP) is 6.10. The molecule has 4 bridgehead atoms. The number of pyridine rings is 1. The lowest BCUT2D eigenvalue weighted by atomic mass is 9.49. The average molecular weight is 498 g/mol. The molecule has 1 aromatic heterocycles. The molecular formula is C30H47N3O3. The summed E-state index contributed by atoms with van der Waals surface area (Å²) in [5.41, 5.74) is 1.20. The quantitative estimate of drug-likeness (QED) is 0.347. The molecule has 0 atom stereocenters. The molecule has 4 aliphatic rings. The van der Waals surface area contributed by atoms with Gasteiger partial charge in [-0.25, -0.2) is 4.79 Å². The van der Waals surface area contributed by atoms with Crippen LogP contribution in [0.25, 0.3) is 0 Å². The van der Waals surface area contributed by atoms with Gasteiger partial charge in [-0.2, -0.15) is 0 Å². The van der Waals surface area contributed by atoms with Crippen LogP contribution in [0.5, 0.6) is 0 Å². The van der Waals surface area contributed by atoms with E-state index in [4.69, 9.17) is 4.74 Å². The van der Waals surface area contributed by atoms with Crippen molar-refractivity contribution in [3.8, 4) is 0 Å². The Morgan fingerprint density at radius 2 is 1.58 bits per heavy atom. The van der Waals surface area contributed by atoms with Crippen molar-refractivity contribution in [3.63, 3.8) is 0 Å². The number of carbonyl (C=O) groups is 2. The number of aromatic nitrogens is 1. The first-order valence-electron chi connectivity index (χ1n) is 14.2. The fourth-order valence-corrected chi connectivity index (χ4v) is 7.34. The highest BCUT2D eigenvalue weighted by molar-refractivity contribution is 5.76. The van der Waals surface area contributed by atoms with Crippen molar-refractivity contribution >= 4 is 12.0 Å². The fourth-order valence-electron chi connectivity index (χ4n) is 7.34. The van der Waals surface area contributed by atoms with Gasteiger partial charge in [0, 0.05) is 45.5 Å². The van der Waals surface area contributed by atoms with E-state index in [-0.39, 0.29) is 12.0 Å². The first-order valence-corrected chi connectivity index (χ1v) is 14.2. The Morgan fingerprint density at radius 3 is 2.17 bits per heavy atom. The van der Waals surface area contributed by atoms with Gasteiger partial charge in [-0.1, -0.05) is 0 Å². The summed E-state index contributed by atoms with van der Waals surface area (Å²) in [6.07, 6.45) is 16.3. The molecule has 1 heterocycles. The molecule has 0 N–H and O–H groups in total. The Balaban J connectivity index is 1.31. The zero-order chi connectivity index (χ0) is 25.8. The second-order valence-corrected chi connectivity index (χ2v) is 13.0. The van der Waals surface area contributed by atoms with E-state index >= 15 is 0 Å². The van der Waals surface area contributed by atoms with Gasteiger partial charge in [0.1, 0.15) is 5.60 Å². The smallest absolute Gasteiger partial charge is 0.410 e. The Morgan fingerprint density at radius 1 is 0.972 bits per heavy atom. The first-order chi connectivity index (χ1) is 17.1. The first kappa shape index (κ1) is 26.9. The van der Waals surface area contributed by atoms with Crippen LogP contribution in [0.4, 0.5) is 4.79 Å². The van der Waals surface area contributed by atoms with Gasteiger partial charge in [-0.05, 0) is 126 Å². The van der Waals surface area contributed by atoms with Crippen LogP contribution in [0, 0.1) is 23.2 Å². The van der Waals surface area contributed by atoms with E-state index in [1.807, 2.05) is 50.2 Å². The Bertz CT molecular complexity index is 844. The van der Waals surface area contributed by atoms with Crippen molar-refractivity contribution in [1.82, 2.24) is 14.8 Å². The van der Waals surface area contributed by atoms with Gasteiger partial charge in [0.15, 0.2) is 0 Å². The van der Waals surface area contributed by atoms with E-state index < -0.39 is 5.60 Å². The maximum atomic E-state index is 13.4. The van der Waals surface area contributed by atoms with Crippen LogP contribution in [0.15, 0.2) is 24.5 Å². The number of aryl methyl sites for hydroxylation is 1. The van der Waals surface area contributed by atoms with E-state index in [1.165, 1.54) is 44.1 Å². The number of hydrogen-bond donors (Lipinski definition) is 0. The van der Waals surface area contributed by atoms with E-state index in [0.717, 1.165) is 50.0 Å². The zero-order valence-corrected chi connectivity index (χ0v) is 23.0. The van der Waals surface area contributed by atoms with Gasteiger partial charge in [0.2, 0.25) is 5.91 Å². The number of amides is 2. The number of ether oxygens (including phenoxy) is 1. The molecule has 1 aromatic rings. The molecule has 4 fully saturated rings. The molecule has 0 unspecified atom stereocenters. The van der Waals surface area contributed by atoms with Gasteiger partial charge >= 0.3 is 6.09 Å². The molecule has 5 rings (SSSR count). The molecule has 6 nitrogen and oxygen atoms in total. The van der Waals surface area contributed by atoms with Crippen molar-refractivity contribution in [3.05, 3.63) is 30.1 Å². The van der Waals surface area contributed by atoms with Crippen LogP contribution in [0.1, 0.15) is 90.5 Å². The third-order valence-electron chi connectivity index (χ3n) is 8.70. The van der Waals surface area contributed by atoms with E-state index in [1.54, 1.807) is 11.9 Å². The van der Waals surface area contributed by atoms with E-state index in [9.17, 15) is 9.59 Å². The second kappa shape index (κ2) is 11.5. The monoisotopic (exact) mass is 497 g/mol. The van der Waals surface area contributed by atoms with Crippen LogP contribution in [-0.4, -0.2) is 59.1 Å². The molecule has 200 valence electrons. The minimum atomic E-state index is -0.520. The van der Waals surface area contributed by atoms with Gasteiger partial charge in [-0.15, -0.1) is 0 Å². The standard InChI is InChI=1S/C30H47N3O3/c1-29(2,3)36-28(35)32(4)15-16-33(27(34)8-6-5-7-23-9-12-31-13-10-23)14-11-30-20-24-17-25(21-30)19-26(18-24)22-30/h9-10,12-13,24-26H,5-8,11,14-22H2,1-4H3. The minimum absolute atomic E-state index is 0.229. The number of unbranched alkanes of at least 4 members (excludes halogenated alkanes) is 1. The summed E-state index contributed by atoms with van der Waals surface area (Å²) in [4.78, 5) is 33.6. The van der Waals surface area contributed by atoms with Crippen molar-refractivity contribution < 1.29 is 14.3 Å². The highest BCUT2D eigenvalue weighted by Crippen LogP contribution is 2.61. The Labute approximate surface area is 218 Å². The Hall–Kier alpha value is -2.11. The predicted molar refractivity (Wildman–Crippen MR) is 142 cm³/mol. The van der Waals surface area contributed by atoms with Crippen LogP contribution >= 0.6 is 0 Å². The molecule has 4 aliphatic carbocycles. The molecule has 0 radical (unpaired) electrons. The Kier molecular flexibility index (Phi) is 8.62. The van der Waals surface area contributed by atoms with Crippen LogP contribution in [0.3, 0.4) is 0 Å². The highest BCUT2D eigenvalue weighted by atomic mass is 16.6. The summed E-state index contributed by atoms with van der Waals surface area (Å²) in [6, 6.07) is 4.10. The summed E-state index contributed by atoms with van der Waals surface area (Å²) in [7, 11) is 1.77. The molecule has 0 aromatic carbocycles. The molecule has 0 saturated heterocycles. The second-order valence-electron chi connectivity index (χ2n) is 13.0. The molecule has 2 amide bonds. The number of nitrogens with zero attached hydrogens (tertiary/aromatic N) is 3. The maximum Gasteiger partial charge on any atom is 0.410 e. The fraction of sp³-hybridized carbons (Fsp3) is 0.767. The molecule has 36 heavy (non-hydrogen) atoms. The highest BCUT2D eigenvalue weighted by Gasteiger charge is 2.50. The number of likely N-dealkylation sites (N-methyl/N-ethyl adjacent to an activating group) is 1. The number of rotatable bonds is 11. The normalized spacial score (nSPS) is 26.6. The lowest BCUT2D eigenvalue weighted by Crippen LogP contribution is -2.48. The maximum absolute atomic E-state index is 13.4. The van der Waals surface area contributed by atoms with Crippen molar-refractivity contribution in [1.29, 1.82) is 0 Å². The van der Waals surface area contributed by atoms with Gasteiger partial charge in [0.05, 0.1) is 0 Å². The van der Waals surface area contributed by atoms with Gasteiger partial charge in [-0.3, -0.25) is 9.78 Å². The van der Waals surface area contributed by atoms with Crippen LogP contribution in [0.2, 0.25) is 0 Å². The summed E-state index contributed by atoms with van der Waals surface area (Å²) in [5.74, 6) is 3.00. The molecule has 6 heteroatoms. The van der Waals surface area contributed by atoms with Crippen molar-refractivity contribution in [2.45, 2.75) is 97.0 Å². The number of hydrogen-bond acceptors (Lipinski definition) is 4. The summed E-state index contributed by atoms with van der Waals surface area (Å²) in [6.45, 7) is 7.53. The third kappa shape index (κ3) is 7.45. The third-order valence-corrected chi connectivity index (χ3v) is 8.70. The van der Waals surface area contributed by atoms with Crippen molar-refractivity contribution in [2.24, 2.45) is 23.2 Å². The summed E-state index contributed by atoms with van der Waals surface area (Å²) in [5, 5.41) is 0. The lowest BCUT2D eigenvalue weighted by molar-refractivity contribution is -0.132. The van der Waals surface area contributed by atoms with E-state index in [0.29, 0.717) is 24.9 Å². The van der Waals surface area contributed by atoms with E-state index in [2.05, 4.69) is 4.98 Å². The molecule has 0 aliphatic heterocycles. The SMILES string of the molecule is CN(CCN(CCC12CC3CC(CC(C3)C1)C2)C(=O)CCCCc1ccncc1)C(=O)OC(C)(C)C. The molecule has 4 saturated carbocycles. The topological polar surface area (TPSA) is 62.7 Å². The minimum Gasteiger partial charge on any atom is -0.444 e. The molecular weight excluding hydrogens is 450 g/mol. The lowest BCUT2D eigenvalue weighted by Gasteiger charge is -2.57.